The Morgan fingerprint density at radius 1 is 1.52 bits per heavy atom. The number of hydrogen-bond acceptors (Lipinski definition) is 5. The van der Waals surface area contributed by atoms with E-state index in [-0.39, 0.29) is 29.3 Å². The number of aryl methyl sites for hydroxylation is 1. The van der Waals surface area contributed by atoms with Crippen molar-refractivity contribution in [1.29, 1.82) is 0 Å². The van der Waals surface area contributed by atoms with Crippen LogP contribution >= 0.6 is 0 Å². The molecule has 3 rings (SSSR count). The largest absolute Gasteiger partial charge is 0.368 e. The van der Waals surface area contributed by atoms with E-state index < -0.39 is 4.92 Å². The van der Waals surface area contributed by atoms with Crippen LogP contribution < -0.4 is 5.32 Å². The van der Waals surface area contributed by atoms with Crippen LogP contribution in [-0.4, -0.2) is 33.0 Å². The Kier molecular flexibility index (Phi) is 5.08. The maximum absolute atomic E-state index is 12.5. The van der Waals surface area contributed by atoms with Gasteiger partial charge in [-0.2, -0.15) is 0 Å². The van der Waals surface area contributed by atoms with E-state index in [1.165, 1.54) is 18.2 Å². The fraction of sp³-hybridized carbons (Fsp3) is 0.412. The summed E-state index contributed by atoms with van der Waals surface area (Å²) < 4.78 is 7.86. The van der Waals surface area contributed by atoms with Crippen LogP contribution in [0.3, 0.4) is 0 Å². The van der Waals surface area contributed by atoms with Crippen molar-refractivity contribution in [3.05, 3.63) is 58.2 Å². The van der Waals surface area contributed by atoms with E-state index in [9.17, 15) is 14.9 Å². The van der Waals surface area contributed by atoms with E-state index in [2.05, 4.69) is 10.3 Å². The zero-order valence-corrected chi connectivity index (χ0v) is 13.9. The summed E-state index contributed by atoms with van der Waals surface area (Å²) in [6.45, 7) is 3.40. The number of hydrogen-bond donors (Lipinski definition) is 1. The average Bonchev–Trinajstić information content (AvgIpc) is 3.10. The summed E-state index contributed by atoms with van der Waals surface area (Å²) in [7, 11) is 0. The quantitative estimate of drug-likeness (QED) is 0.663. The zero-order chi connectivity index (χ0) is 17.8. The van der Waals surface area contributed by atoms with Crippen LogP contribution in [0.15, 0.2) is 36.7 Å². The maximum Gasteiger partial charge on any atom is 0.270 e. The Bertz CT molecular complexity index is 774. The van der Waals surface area contributed by atoms with Gasteiger partial charge >= 0.3 is 0 Å². The molecule has 1 aromatic heterocycles. The molecule has 0 spiro atoms. The Balaban J connectivity index is 1.79. The second-order valence-electron chi connectivity index (χ2n) is 5.89. The second-order valence-corrected chi connectivity index (χ2v) is 5.89. The zero-order valence-electron chi connectivity index (χ0n) is 13.9. The van der Waals surface area contributed by atoms with Crippen LogP contribution in [0, 0.1) is 10.1 Å². The lowest BCUT2D eigenvalue weighted by Crippen LogP contribution is -2.43. The van der Waals surface area contributed by atoms with Crippen molar-refractivity contribution in [2.45, 2.75) is 38.5 Å². The summed E-state index contributed by atoms with van der Waals surface area (Å²) in [6, 6.07) is 5.48. The summed E-state index contributed by atoms with van der Waals surface area (Å²) in [6.07, 6.45) is 4.88. The molecule has 0 saturated carbocycles. The molecule has 25 heavy (non-hydrogen) atoms. The van der Waals surface area contributed by atoms with Gasteiger partial charge in [0.2, 0.25) is 0 Å². The number of amides is 1. The number of benzene rings is 1. The summed E-state index contributed by atoms with van der Waals surface area (Å²) in [5.74, 6) is 0.436. The third kappa shape index (κ3) is 3.69. The molecule has 0 radical (unpaired) electrons. The molecule has 1 aromatic carbocycles. The summed E-state index contributed by atoms with van der Waals surface area (Å²) in [5.41, 5.74) is 0.156. The van der Waals surface area contributed by atoms with Crippen molar-refractivity contribution in [3.63, 3.8) is 0 Å². The molecule has 1 saturated heterocycles. The Hall–Kier alpha value is -2.74. The molecule has 2 atom stereocenters. The number of aromatic nitrogens is 2. The molecule has 1 aliphatic heterocycles. The van der Waals surface area contributed by atoms with Crippen molar-refractivity contribution in [2.24, 2.45) is 0 Å². The minimum atomic E-state index is -0.513. The first-order valence-electron chi connectivity index (χ1n) is 8.28. The van der Waals surface area contributed by atoms with Gasteiger partial charge in [0.1, 0.15) is 11.9 Å². The molecule has 1 N–H and O–H groups in total. The average molecular weight is 344 g/mol. The third-order valence-corrected chi connectivity index (χ3v) is 4.30. The van der Waals surface area contributed by atoms with Gasteiger partial charge in [-0.25, -0.2) is 4.98 Å². The van der Waals surface area contributed by atoms with Gasteiger partial charge in [0.05, 0.1) is 11.0 Å². The fourth-order valence-electron chi connectivity index (χ4n) is 3.04. The number of nitrogens with one attached hydrogen (secondary N) is 1. The number of ether oxygens (including phenoxy) is 1. The standard InChI is InChI=1S/C17H20N4O4/c1-2-20-9-8-18-16(20)15-14(7-4-10-25-15)19-17(22)12-5-3-6-13(11-12)21(23)24/h3,5-6,8-9,11,14-15H,2,4,7,10H2,1H3,(H,19,22)/t14-,15-/m1/s1. The Morgan fingerprint density at radius 3 is 3.12 bits per heavy atom. The highest BCUT2D eigenvalue weighted by atomic mass is 16.6. The number of rotatable bonds is 5. The van der Waals surface area contributed by atoms with Crippen LogP contribution in [0.4, 0.5) is 5.69 Å². The van der Waals surface area contributed by atoms with E-state index in [4.69, 9.17) is 4.74 Å². The molecule has 2 aromatic rings. The highest BCUT2D eigenvalue weighted by Crippen LogP contribution is 2.28. The third-order valence-electron chi connectivity index (χ3n) is 4.30. The molecule has 1 fully saturated rings. The number of nitrogens with zero attached hydrogens (tertiary/aromatic N) is 3. The van der Waals surface area contributed by atoms with Gasteiger partial charge in [0, 0.05) is 43.2 Å². The van der Waals surface area contributed by atoms with Crippen molar-refractivity contribution < 1.29 is 14.5 Å². The Morgan fingerprint density at radius 2 is 2.36 bits per heavy atom. The number of nitro groups is 1. The van der Waals surface area contributed by atoms with Crippen LogP contribution in [0.2, 0.25) is 0 Å². The highest BCUT2D eigenvalue weighted by molar-refractivity contribution is 5.95. The number of non-ortho nitro benzene ring substituents is 1. The van der Waals surface area contributed by atoms with E-state index in [1.54, 1.807) is 12.3 Å². The van der Waals surface area contributed by atoms with Crippen molar-refractivity contribution in [3.8, 4) is 0 Å². The molecule has 132 valence electrons. The number of carbonyl (C=O) groups excluding carboxylic acids is 1. The lowest BCUT2D eigenvalue weighted by Gasteiger charge is -2.32. The minimum Gasteiger partial charge on any atom is -0.368 e. The predicted octanol–water partition coefficient (Wildman–Crippen LogP) is 2.46. The predicted molar refractivity (Wildman–Crippen MR) is 90.2 cm³/mol. The number of carbonyl (C=O) groups is 1. The molecule has 1 amide bonds. The maximum atomic E-state index is 12.5. The molecule has 0 unspecified atom stereocenters. The van der Waals surface area contributed by atoms with Gasteiger partial charge < -0.3 is 14.6 Å². The number of imidazole rings is 1. The topological polar surface area (TPSA) is 99.3 Å². The van der Waals surface area contributed by atoms with Crippen molar-refractivity contribution >= 4 is 11.6 Å². The number of nitro benzene ring substituents is 1. The fourth-order valence-corrected chi connectivity index (χ4v) is 3.04. The first-order valence-corrected chi connectivity index (χ1v) is 8.28. The lowest BCUT2D eigenvalue weighted by atomic mass is 10.0. The lowest BCUT2D eigenvalue weighted by molar-refractivity contribution is -0.384. The van der Waals surface area contributed by atoms with Crippen LogP contribution in [0.5, 0.6) is 0 Å². The van der Waals surface area contributed by atoms with E-state index in [0.29, 0.717) is 6.61 Å². The first-order chi connectivity index (χ1) is 12.1. The first kappa shape index (κ1) is 17.1. The SMILES string of the molecule is CCn1ccnc1[C@@H]1OCCC[C@H]1NC(=O)c1cccc([N+](=O)[O-])c1. The van der Waals surface area contributed by atoms with E-state index in [0.717, 1.165) is 25.2 Å². The molecular formula is C17H20N4O4. The highest BCUT2D eigenvalue weighted by Gasteiger charge is 2.32. The molecule has 8 nitrogen and oxygen atoms in total. The normalized spacial score (nSPS) is 20.2. The van der Waals surface area contributed by atoms with E-state index >= 15 is 0 Å². The molecule has 1 aliphatic rings. The van der Waals surface area contributed by atoms with Gasteiger partial charge in [0.25, 0.3) is 11.6 Å². The van der Waals surface area contributed by atoms with Gasteiger partial charge in [0.15, 0.2) is 0 Å². The van der Waals surface area contributed by atoms with Gasteiger partial charge in [-0.15, -0.1) is 0 Å². The summed E-state index contributed by atoms with van der Waals surface area (Å²) in [5, 5.41) is 13.8. The molecule has 8 heteroatoms. The molecule has 0 aliphatic carbocycles. The monoisotopic (exact) mass is 344 g/mol. The minimum absolute atomic E-state index is 0.106. The molecule has 0 bridgehead atoms. The van der Waals surface area contributed by atoms with Gasteiger partial charge in [-0.1, -0.05) is 6.07 Å². The summed E-state index contributed by atoms with van der Waals surface area (Å²) >= 11 is 0. The summed E-state index contributed by atoms with van der Waals surface area (Å²) in [4.78, 5) is 27.3. The molecule has 2 heterocycles. The van der Waals surface area contributed by atoms with Crippen LogP contribution in [-0.2, 0) is 11.3 Å². The van der Waals surface area contributed by atoms with Gasteiger partial charge in [-0.3, -0.25) is 14.9 Å². The van der Waals surface area contributed by atoms with E-state index in [1.807, 2.05) is 17.7 Å². The Labute approximate surface area is 145 Å². The second kappa shape index (κ2) is 7.43. The van der Waals surface area contributed by atoms with Crippen molar-refractivity contribution in [1.82, 2.24) is 14.9 Å². The van der Waals surface area contributed by atoms with Crippen LogP contribution in [0.25, 0.3) is 0 Å². The van der Waals surface area contributed by atoms with Crippen molar-refractivity contribution in [2.75, 3.05) is 6.61 Å². The van der Waals surface area contributed by atoms with Crippen LogP contribution in [0.1, 0.15) is 42.1 Å². The smallest absolute Gasteiger partial charge is 0.270 e. The molecular weight excluding hydrogens is 324 g/mol. The van der Waals surface area contributed by atoms with Gasteiger partial charge in [-0.05, 0) is 25.8 Å².